The fourth-order valence-electron chi connectivity index (χ4n) is 1.000. The molecular weight excluding hydrogens is 219 g/mol. The Labute approximate surface area is 80.5 Å². The number of benzene rings is 1. The highest BCUT2D eigenvalue weighted by molar-refractivity contribution is 9.10. The smallest absolute Gasteiger partial charge is 0.423 e. The molecule has 0 atom stereocenters. The van der Waals surface area contributed by atoms with Crippen LogP contribution in [0.25, 0.3) is 0 Å². The Morgan fingerprint density at radius 3 is 2.50 bits per heavy atom. The van der Waals surface area contributed by atoms with Crippen molar-refractivity contribution in [3.05, 3.63) is 28.2 Å². The molecule has 2 N–H and O–H groups in total. The summed E-state index contributed by atoms with van der Waals surface area (Å²) in [5, 5.41) is 17.8. The van der Waals surface area contributed by atoms with E-state index in [4.69, 9.17) is 10.0 Å². The van der Waals surface area contributed by atoms with Gasteiger partial charge in [0.1, 0.15) is 0 Å². The van der Waals surface area contributed by atoms with Gasteiger partial charge < -0.3 is 10.0 Å². The molecule has 2 nitrogen and oxygen atoms in total. The van der Waals surface area contributed by atoms with E-state index in [1.165, 1.54) is 5.56 Å². The van der Waals surface area contributed by atoms with Gasteiger partial charge in [-0.3, -0.25) is 0 Å². The molecule has 0 aliphatic carbocycles. The highest BCUT2D eigenvalue weighted by Crippen LogP contribution is 2.10. The lowest BCUT2D eigenvalue weighted by atomic mass is 9.80. The van der Waals surface area contributed by atoms with Crippen LogP contribution in [0.1, 0.15) is 12.5 Å². The highest BCUT2D eigenvalue weighted by Gasteiger charge is 2.14. The molecule has 0 unspecified atom stereocenters. The van der Waals surface area contributed by atoms with Crippen LogP contribution in [0.2, 0.25) is 0 Å². The van der Waals surface area contributed by atoms with Crippen molar-refractivity contribution in [2.45, 2.75) is 13.3 Å². The zero-order valence-corrected chi connectivity index (χ0v) is 8.37. The summed E-state index contributed by atoms with van der Waals surface area (Å²) >= 11 is 3.27. The molecule has 0 fully saturated rings. The Kier molecular flexibility index (Phi) is 3.32. The molecule has 0 aliphatic heterocycles. The Morgan fingerprint density at radius 1 is 1.42 bits per heavy atom. The molecule has 1 aromatic carbocycles. The Hall–Kier alpha value is -0.315. The van der Waals surface area contributed by atoms with E-state index in [-0.39, 0.29) is 0 Å². The first-order valence-electron chi connectivity index (χ1n) is 3.79. The second kappa shape index (κ2) is 4.07. The Bertz CT molecular complexity index is 276. The lowest BCUT2D eigenvalue weighted by molar-refractivity contribution is 0.425. The van der Waals surface area contributed by atoms with Crippen LogP contribution in [0.4, 0.5) is 0 Å². The molecule has 4 heteroatoms. The molecule has 1 rings (SSSR count). The predicted octanol–water partition coefficient (Wildman–Crippen LogP) is 0.691. The maximum atomic E-state index is 8.89. The summed E-state index contributed by atoms with van der Waals surface area (Å²) in [6.45, 7) is 2.05. The molecule has 0 heterocycles. The van der Waals surface area contributed by atoms with Gasteiger partial charge in [0.15, 0.2) is 0 Å². The van der Waals surface area contributed by atoms with Crippen LogP contribution in [0, 0.1) is 0 Å². The summed E-state index contributed by atoms with van der Waals surface area (Å²) in [5.74, 6) is 0. The van der Waals surface area contributed by atoms with Crippen molar-refractivity contribution in [3.63, 3.8) is 0 Å². The van der Waals surface area contributed by atoms with Gasteiger partial charge >= 0.3 is 7.12 Å². The average Bonchev–Trinajstić information content (AvgIpc) is 2.03. The van der Waals surface area contributed by atoms with E-state index in [1.54, 1.807) is 6.07 Å². The van der Waals surface area contributed by atoms with Crippen molar-refractivity contribution in [3.8, 4) is 0 Å². The first-order chi connectivity index (χ1) is 5.65. The zero-order valence-electron chi connectivity index (χ0n) is 6.79. The van der Waals surface area contributed by atoms with Gasteiger partial charge in [0.25, 0.3) is 0 Å². The van der Waals surface area contributed by atoms with Crippen LogP contribution in [0.5, 0.6) is 0 Å². The molecule has 0 amide bonds. The molecule has 0 saturated carbocycles. The third-order valence-electron chi connectivity index (χ3n) is 1.75. The van der Waals surface area contributed by atoms with Crippen LogP contribution in [0.3, 0.4) is 0 Å². The van der Waals surface area contributed by atoms with Gasteiger partial charge in [-0.05, 0) is 23.5 Å². The quantitative estimate of drug-likeness (QED) is 0.732. The van der Waals surface area contributed by atoms with Gasteiger partial charge in [0, 0.05) is 4.47 Å². The van der Waals surface area contributed by atoms with Crippen molar-refractivity contribution in [1.29, 1.82) is 0 Å². The van der Waals surface area contributed by atoms with Crippen molar-refractivity contribution in [2.24, 2.45) is 0 Å². The van der Waals surface area contributed by atoms with Crippen LogP contribution in [0.15, 0.2) is 22.7 Å². The number of hydrogen-bond acceptors (Lipinski definition) is 2. The summed E-state index contributed by atoms with van der Waals surface area (Å²) in [7, 11) is -1.40. The van der Waals surface area contributed by atoms with Crippen molar-refractivity contribution in [2.75, 3.05) is 0 Å². The monoisotopic (exact) mass is 228 g/mol. The number of halogens is 1. The fraction of sp³-hybridized carbons (Fsp3) is 0.250. The van der Waals surface area contributed by atoms with Gasteiger partial charge in [-0.2, -0.15) is 0 Å². The largest absolute Gasteiger partial charge is 0.489 e. The summed E-state index contributed by atoms with van der Waals surface area (Å²) in [6, 6.07) is 5.50. The standard InChI is InChI=1S/C8H10BBrO2/c1-2-6-3-4-7(9(11)12)8(10)5-6/h3-5,11-12H,2H2,1H3. The lowest BCUT2D eigenvalue weighted by Crippen LogP contribution is -2.30. The normalized spacial score (nSPS) is 10.0. The van der Waals surface area contributed by atoms with Crippen molar-refractivity contribution in [1.82, 2.24) is 0 Å². The summed E-state index contributed by atoms with van der Waals surface area (Å²) in [4.78, 5) is 0. The van der Waals surface area contributed by atoms with E-state index in [1.807, 2.05) is 12.1 Å². The third-order valence-corrected chi connectivity index (χ3v) is 2.44. The summed E-state index contributed by atoms with van der Waals surface area (Å²) in [6.07, 6.45) is 0.945. The van der Waals surface area contributed by atoms with Crippen LogP contribution in [-0.4, -0.2) is 17.2 Å². The summed E-state index contributed by atoms with van der Waals surface area (Å²) < 4.78 is 0.747. The first-order valence-corrected chi connectivity index (χ1v) is 4.59. The number of hydrogen-bond donors (Lipinski definition) is 2. The van der Waals surface area contributed by atoms with Gasteiger partial charge in [0.05, 0.1) is 0 Å². The molecule has 0 bridgehead atoms. The van der Waals surface area contributed by atoms with Crippen LogP contribution >= 0.6 is 15.9 Å². The van der Waals surface area contributed by atoms with E-state index in [0.29, 0.717) is 5.46 Å². The molecule has 0 radical (unpaired) electrons. The van der Waals surface area contributed by atoms with Crippen LogP contribution in [-0.2, 0) is 6.42 Å². The van der Waals surface area contributed by atoms with E-state index in [2.05, 4.69) is 22.9 Å². The highest BCUT2D eigenvalue weighted by atomic mass is 79.9. The average molecular weight is 229 g/mol. The van der Waals surface area contributed by atoms with E-state index >= 15 is 0 Å². The van der Waals surface area contributed by atoms with E-state index in [9.17, 15) is 0 Å². The summed E-state index contributed by atoms with van der Waals surface area (Å²) in [5.41, 5.74) is 1.68. The molecule has 0 saturated heterocycles. The second-order valence-corrected chi connectivity index (χ2v) is 3.44. The number of rotatable bonds is 2. The molecule has 1 aromatic rings. The second-order valence-electron chi connectivity index (χ2n) is 2.58. The van der Waals surface area contributed by atoms with Crippen molar-refractivity contribution >= 4 is 28.5 Å². The number of aryl methyl sites for hydroxylation is 1. The molecular formula is C8H10BBrO2. The Balaban J connectivity index is 3.03. The molecule has 0 spiro atoms. The van der Waals surface area contributed by atoms with Gasteiger partial charge in [0.2, 0.25) is 0 Å². The fourth-order valence-corrected chi connectivity index (χ4v) is 1.63. The third kappa shape index (κ3) is 2.09. The maximum absolute atomic E-state index is 8.89. The van der Waals surface area contributed by atoms with Gasteiger partial charge in [-0.1, -0.05) is 35.0 Å². The molecule has 12 heavy (non-hydrogen) atoms. The molecule has 0 aromatic heterocycles. The maximum Gasteiger partial charge on any atom is 0.489 e. The topological polar surface area (TPSA) is 40.5 Å². The lowest BCUT2D eigenvalue weighted by Gasteiger charge is -2.04. The van der Waals surface area contributed by atoms with E-state index in [0.717, 1.165) is 10.9 Å². The van der Waals surface area contributed by atoms with Crippen molar-refractivity contribution < 1.29 is 10.0 Å². The first kappa shape index (κ1) is 9.77. The molecule has 0 aliphatic rings. The zero-order chi connectivity index (χ0) is 9.14. The van der Waals surface area contributed by atoms with Crippen LogP contribution < -0.4 is 5.46 Å². The minimum atomic E-state index is -1.40. The van der Waals surface area contributed by atoms with E-state index < -0.39 is 7.12 Å². The minimum Gasteiger partial charge on any atom is -0.423 e. The Morgan fingerprint density at radius 2 is 2.08 bits per heavy atom. The SMILES string of the molecule is CCc1ccc(B(O)O)c(Br)c1. The van der Waals surface area contributed by atoms with Gasteiger partial charge in [-0.25, -0.2) is 0 Å². The van der Waals surface area contributed by atoms with Gasteiger partial charge in [-0.15, -0.1) is 0 Å². The minimum absolute atomic E-state index is 0.507. The predicted molar refractivity (Wildman–Crippen MR) is 53.3 cm³/mol. The molecule has 64 valence electrons.